The van der Waals surface area contributed by atoms with Crippen LogP contribution in [0.3, 0.4) is 0 Å². The van der Waals surface area contributed by atoms with Crippen LogP contribution in [-0.4, -0.2) is 66.9 Å². The van der Waals surface area contributed by atoms with Gasteiger partial charge < -0.3 is 9.80 Å². The van der Waals surface area contributed by atoms with Gasteiger partial charge in [0.05, 0.1) is 0 Å². The predicted octanol–water partition coefficient (Wildman–Crippen LogP) is 2.72. The highest BCUT2D eigenvalue weighted by Gasteiger charge is 2.25. The van der Waals surface area contributed by atoms with Crippen LogP contribution in [0.5, 0.6) is 0 Å². The number of amides is 1. The maximum atomic E-state index is 12.5. The van der Waals surface area contributed by atoms with Gasteiger partial charge in [0, 0.05) is 44.2 Å². The summed E-state index contributed by atoms with van der Waals surface area (Å²) in [6, 6.07) is 8.12. The number of piperidine rings is 1. The van der Waals surface area contributed by atoms with Gasteiger partial charge in [-0.15, -0.1) is 0 Å². The summed E-state index contributed by atoms with van der Waals surface area (Å²) in [7, 11) is 2.12. The quantitative estimate of drug-likeness (QED) is 0.836. The Hall–Kier alpha value is -1.10. The van der Waals surface area contributed by atoms with E-state index in [4.69, 9.17) is 11.6 Å². The predicted molar refractivity (Wildman–Crippen MR) is 98.1 cm³/mol. The average Bonchev–Trinajstić information content (AvgIpc) is 2.59. The van der Waals surface area contributed by atoms with Gasteiger partial charge >= 0.3 is 0 Å². The van der Waals surface area contributed by atoms with E-state index in [2.05, 4.69) is 33.9 Å². The minimum absolute atomic E-state index is 0.360. The lowest BCUT2D eigenvalue weighted by molar-refractivity contribution is -0.134. The van der Waals surface area contributed by atoms with Crippen molar-refractivity contribution < 1.29 is 4.79 Å². The monoisotopic (exact) mass is 349 g/mol. The molecule has 2 fully saturated rings. The highest BCUT2D eigenvalue weighted by molar-refractivity contribution is 6.30. The lowest BCUT2D eigenvalue weighted by Crippen LogP contribution is -2.47. The lowest BCUT2D eigenvalue weighted by Gasteiger charge is -2.35. The number of benzene rings is 1. The van der Waals surface area contributed by atoms with E-state index in [1.54, 1.807) is 0 Å². The number of likely N-dealkylation sites (tertiary alicyclic amines) is 1. The molecule has 0 spiro atoms. The number of rotatable bonds is 4. The van der Waals surface area contributed by atoms with Crippen molar-refractivity contribution in [1.29, 1.82) is 0 Å². The maximum absolute atomic E-state index is 12.5. The van der Waals surface area contributed by atoms with Gasteiger partial charge in [-0.2, -0.15) is 0 Å². The molecule has 0 radical (unpaired) electrons. The molecular formula is C19H28ClN3O. The summed E-state index contributed by atoms with van der Waals surface area (Å²) in [6.07, 6.45) is 3.00. The Morgan fingerprint density at radius 3 is 2.29 bits per heavy atom. The average molecular weight is 350 g/mol. The van der Waals surface area contributed by atoms with Gasteiger partial charge in [-0.1, -0.05) is 23.7 Å². The van der Waals surface area contributed by atoms with Crippen LogP contribution < -0.4 is 0 Å². The second-order valence-electron chi connectivity index (χ2n) is 7.23. The smallest absolute Gasteiger partial charge is 0.222 e. The zero-order valence-electron chi connectivity index (χ0n) is 14.6. The molecule has 2 aliphatic heterocycles. The van der Waals surface area contributed by atoms with E-state index >= 15 is 0 Å². The Morgan fingerprint density at radius 2 is 1.67 bits per heavy atom. The molecule has 24 heavy (non-hydrogen) atoms. The van der Waals surface area contributed by atoms with Crippen molar-refractivity contribution >= 4 is 17.5 Å². The van der Waals surface area contributed by atoms with Crippen LogP contribution in [0.25, 0.3) is 0 Å². The fourth-order valence-electron chi connectivity index (χ4n) is 3.63. The lowest BCUT2D eigenvalue weighted by atomic mass is 9.92. The van der Waals surface area contributed by atoms with E-state index in [1.807, 2.05) is 12.1 Å². The van der Waals surface area contributed by atoms with Crippen LogP contribution >= 0.6 is 11.6 Å². The highest BCUT2D eigenvalue weighted by atomic mass is 35.5. The summed E-state index contributed by atoms with van der Waals surface area (Å²) in [6.45, 7) is 6.95. The molecular weight excluding hydrogens is 322 g/mol. The summed E-state index contributed by atoms with van der Waals surface area (Å²) in [4.78, 5) is 19.3. The molecule has 2 saturated heterocycles. The maximum Gasteiger partial charge on any atom is 0.222 e. The van der Waals surface area contributed by atoms with E-state index in [9.17, 15) is 4.79 Å². The Morgan fingerprint density at radius 1 is 1.04 bits per heavy atom. The molecule has 1 aromatic carbocycles. The van der Waals surface area contributed by atoms with E-state index in [0.29, 0.717) is 11.8 Å². The standard InChI is InChI=1S/C19H28ClN3O/c1-21-10-12-23(13-11-21)19(24)14-16-6-8-22(9-7-16)15-17-2-4-18(20)5-3-17/h2-5,16H,6-15H2,1H3. The fraction of sp³-hybridized carbons (Fsp3) is 0.632. The van der Waals surface area contributed by atoms with Gasteiger partial charge in [0.25, 0.3) is 0 Å². The number of halogens is 1. The minimum atomic E-state index is 0.360. The third-order valence-electron chi connectivity index (χ3n) is 5.35. The van der Waals surface area contributed by atoms with Gasteiger partial charge in [-0.3, -0.25) is 9.69 Å². The van der Waals surface area contributed by atoms with Crippen molar-refractivity contribution in [3.05, 3.63) is 34.9 Å². The summed E-state index contributed by atoms with van der Waals surface area (Å²) < 4.78 is 0. The highest BCUT2D eigenvalue weighted by Crippen LogP contribution is 2.23. The van der Waals surface area contributed by atoms with Crippen molar-refractivity contribution in [2.45, 2.75) is 25.8 Å². The molecule has 1 amide bonds. The fourth-order valence-corrected chi connectivity index (χ4v) is 3.75. The number of nitrogens with zero attached hydrogens (tertiary/aromatic N) is 3. The van der Waals surface area contributed by atoms with Gasteiger partial charge in [0.2, 0.25) is 5.91 Å². The van der Waals surface area contributed by atoms with Crippen LogP contribution in [0.15, 0.2) is 24.3 Å². The molecule has 0 atom stereocenters. The second-order valence-corrected chi connectivity index (χ2v) is 7.67. The molecule has 0 aromatic heterocycles. The van der Waals surface area contributed by atoms with Gasteiger partial charge in [-0.05, 0) is 56.6 Å². The van der Waals surface area contributed by atoms with Crippen molar-refractivity contribution in [2.24, 2.45) is 5.92 Å². The number of carbonyl (C=O) groups is 1. The summed E-state index contributed by atoms with van der Waals surface area (Å²) in [5.74, 6) is 0.915. The van der Waals surface area contributed by atoms with Crippen molar-refractivity contribution in [2.75, 3.05) is 46.3 Å². The normalized spacial score (nSPS) is 21.2. The largest absolute Gasteiger partial charge is 0.340 e. The Bertz CT molecular complexity index is 532. The van der Waals surface area contributed by atoms with Crippen LogP contribution in [0.4, 0.5) is 0 Å². The molecule has 0 N–H and O–H groups in total. The van der Waals surface area contributed by atoms with E-state index in [0.717, 1.165) is 70.1 Å². The molecule has 5 heteroatoms. The molecule has 0 bridgehead atoms. The molecule has 2 aliphatic rings. The number of hydrogen-bond acceptors (Lipinski definition) is 3. The Labute approximate surface area is 150 Å². The SMILES string of the molecule is CN1CCN(C(=O)CC2CCN(Cc3ccc(Cl)cc3)CC2)CC1. The first-order valence-electron chi connectivity index (χ1n) is 9.03. The first-order chi connectivity index (χ1) is 11.6. The van der Waals surface area contributed by atoms with Gasteiger partial charge in [0.15, 0.2) is 0 Å². The number of likely N-dealkylation sites (N-methyl/N-ethyl adjacent to an activating group) is 1. The molecule has 4 nitrogen and oxygen atoms in total. The molecule has 0 unspecified atom stereocenters. The zero-order valence-corrected chi connectivity index (χ0v) is 15.3. The minimum Gasteiger partial charge on any atom is -0.340 e. The number of carbonyl (C=O) groups excluding carboxylic acids is 1. The third-order valence-corrected chi connectivity index (χ3v) is 5.60. The Balaban J connectivity index is 1.40. The molecule has 3 rings (SSSR count). The first kappa shape index (κ1) is 17.7. The van der Waals surface area contributed by atoms with Crippen LogP contribution in [0.1, 0.15) is 24.8 Å². The van der Waals surface area contributed by atoms with Crippen LogP contribution in [0.2, 0.25) is 5.02 Å². The summed E-state index contributed by atoms with van der Waals surface area (Å²) >= 11 is 5.94. The van der Waals surface area contributed by atoms with Crippen molar-refractivity contribution in [1.82, 2.24) is 14.7 Å². The summed E-state index contributed by atoms with van der Waals surface area (Å²) in [5.41, 5.74) is 1.31. The number of hydrogen-bond donors (Lipinski definition) is 0. The van der Waals surface area contributed by atoms with E-state index in [1.165, 1.54) is 5.56 Å². The molecule has 1 aromatic rings. The van der Waals surface area contributed by atoms with Crippen LogP contribution in [-0.2, 0) is 11.3 Å². The van der Waals surface area contributed by atoms with Crippen molar-refractivity contribution in [3.8, 4) is 0 Å². The molecule has 0 saturated carbocycles. The van der Waals surface area contributed by atoms with Crippen molar-refractivity contribution in [3.63, 3.8) is 0 Å². The van der Waals surface area contributed by atoms with E-state index in [-0.39, 0.29) is 0 Å². The zero-order chi connectivity index (χ0) is 16.9. The van der Waals surface area contributed by atoms with E-state index < -0.39 is 0 Å². The van der Waals surface area contributed by atoms with Gasteiger partial charge in [0.1, 0.15) is 0 Å². The summed E-state index contributed by atoms with van der Waals surface area (Å²) in [5, 5.41) is 0.792. The number of piperazine rings is 1. The van der Waals surface area contributed by atoms with Crippen LogP contribution in [0, 0.1) is 5.92 Å². The Kier molecular flexibility index (Phi) is 6.14. The molecule has 132 valence electrons. The van der Waals surface area contributed by atoms with Gasteiger partial charge in [-0.25, -0.2) is 0 Å². The third kappa shape index (κ3) is 4.95. The first-order valence-corrected chi connectivity index (χ1v) is 9.41. The molecule has 2 heterocycles. The second kappa shape index (κ2) is 8.32. The topological polar surface area (TPSA) is 26.8 Å². The molecule has 0 aliphatic carbocycles.